The molecule has 1 saturated heterocycles. The average molecular weight is 497 g/mol. The lowest BCUT2D eigenvalue weighted by atomic mass is 9.91. The van der Waals surface area contributed by atoms with E-state index in [0.717, 1.165) is 5.56 Å². The molecule has 9 nitrogen and oxygen atoms in total. The quantitative estimate of drug-likeness (QED) is 0.382. The number of halogens is 1. The second-order valence-corrected chi connectivity index (χ2v) is 8.78. The van der Waals surface area contributed by atoms with Gasteiger partial charge in [0, 0.05) is 37.1 Å². The molecule has 5 rings (SSSR count). The second-order valence-electron chi connectivity index (χ2n) is 8.78. The first kappa shape index (κ1) is 24.1. The van der Waals surface area contributed by atoms with E-state index in [0.29, 0.717) is 53.9 Å². The number of fused-ring (bicyclic) bond motifs is 1. The molecule has 2 aromatic carbocycles. The van der Waals surface area contributed by atoms with E-state index >= 15 is 0 Å². The van der Waals surface area contributed by atoms with E-state index in [4.69, 9.17) is 10.7 Å². The summed E-state index contributed by atoms with van der Waals surface area (Å²) in [6.07, 6.45) is 1.28. The summed E-state index contributed by atoms with van der Waals surface area (Å²) in [6.45, 7) is 4.31. The molecule has 0 aliphatic carbocycles. The SMILES string of the molecule is CC(Nc1ncnc(N)c1C#N)c1nc2ccc(F)cc2c(C(=O)N2CCNCC2)c1-c1ccccc1. The van der Waals surface area contributed by atoms with Crippen LogP contribution in [0.1, 0.15) is 34.6 Å². The Morgan fingerprint density at radius 3 is 2.68 bits per heavy atom. The number of nitriles is 1. The molecule has 186 valence electrons. The summed E-state index contributed by atoms with van der Waals surface area (Å²) in [4.78, 5) is 28.8. The minimum atomic E-state index is -0.499. The number of carbonyl (C=O) groups is 1. The van der Waals surface area contributed by atoms with Gasteiger partial charge in [-0.15, -0.1) is 0 Å². The predicted octanol–water partition coefficient (Wildman–Crippen LogP) is 3.50. The number of nitrogens with one attached hydrogen (secondary N) is 2. The molecule has 1 atom stereocenters. The molecule has 4 N–H and O–H groups in total. The number of hydrogen-bond acceptors (Lipinski definition) is 8. The van der Waals surface area contributed by atoms with Gasteiger partial charge in [0.05, 0.1) is 22.8 Å². The van der Waals surface area contributed by atoms with Crippen LogP contribution in [0.5, 0.6) is 0 Å². The average Bonchev–Trinajstić information content (AvgIpc) is 2.92. The van der Waals surface area contributed by atoms with Crippen molar-refractivity contribution < 1.29 is 9.18 Å². The minimum absolute atomic E-state index is 0.0620. The summed E-state index contributed by atoms with van der Waals surface area (Å²) in [5, 5.41) is 16.5. The molecule has 10 heteroatoms. The molecule has 0 bridgehead atoms. The molecule has 2 aromatic heterocycles. The molecule has 0 saturated carbocycles. The Balaban J connectivity index is 1.75. The molecule has 37 heavy (non-hydrogen) atoms. The van der Waals surface area contributed by atoms with Crippen molar-refractivity contribution in [2.75, 3.05) is 37.2 Å². The van der Waals surface area contributed by atoms with E-state index in [9.17, 15) is 14.4 Å². The lowest BCUT2D eigenvalue weighted by Crippen LogP contribution is -2.46. The van der Waals surface area contributed by atoms with Gasteiger partial charge in [-0.2, -0.15) is 5.26 Å². The summed E-state index contributed by atoms with van der Waals surface area (Å²) in [5.74, 6) is -0.308. The Morgan fingerprint density at radius 1 is 1.19 bits per heavy atom. The van der Waals surface area contributed by atoms with Crippen molar-refractivity contribution in [2.24, 2.45) is 0 Å². The zero-order valence-electron chi connectivity index (χ0n) is 20.2. The number of nitrogens with zero attached hydrogens (tertiary/aromatic N) is 5. The van der Waals surface area contributed by atoms with Gasteiger partial charge < -0.3 is 21.3 Å². The maximum Gasteiger partial charge on any atom is 0.255 e. The number of nitrogens with two attached hydrogens (primary N) is 1. The largest absolute Gasteiger partial charge is 0.382 e. The van der Waals surface area contributed by atoms with Crippen molar-refractivity contribution in [1.29, 1.82) is 5.26 Å². The van der Waals surface area contributed by atoms with Crippen LogP contribution in [0, 0.1) is 17.1 Å². The Labute approximate surface area is 213 Å². The van der Waals surface area contributed by atoms with Crippen molar-refractivity contribution in [3.05, 3.63) is 77.5 Å². The van der Waals surface area contributed by atoms with Gasteiger partial charge in [-0.05, 0) is 30.7 Å². The van der Waals surface area contributed by atoms with Gasteiger partial charge in [-0.25, -0.2) is 19.3 Å². The van der Waals surface area contributed by atoms with E-state index in [-0.39, 0.29) is 23.1 Å². The molecule has 1 unspecified atom stereocenters. The first-order chi connectivity index (χ1) is 18.0. The highest BCUT2D eigenvalue weighted by Gasteiger charge is 2.29. The number of benzene rings is 2. The number of rotatable bonds is 5. The van der Waals surface area contributed by atoms with Gasteiger partial charge in [0.2, 0.25) is 0 Å². The highest BCUT2D eigenvalue weighted by atomic mass is 19.1. The van der Waals surface area contributed by atoms with E-state index < -0.39 is 11.9 Å². The molecule has 3 heterocycles. The third-order valence-corrected chi connectivity index (χ3v) is 6.41. The van der Waals surface area contributed by atoms with Gasteiger partial charge >= 0.3 is 0 Å². The fourth-order valence-corrected chi connectivity index (χ4v) is 4.61. The van der Waals surface area contributed by atoms with E-state index in [1.807, 2.05) is 43.3 Å². The third-order valence-electron chi connectivity index (χ3n) is 6.41. The van der Waals surface area contributed by atoms with Gasteiger partial charge in [-0.3, -0.25) is 4.79 Å². The Hall–Kier alpha value is -4.62. The van der Waals surface area contributed by atoms with Gasteiger partial charge in [0.1, 0.15) is 35.4 Å². The fourth-order valence-electron chi connectivity index (χ4n) is 4.61. The summed E-state index contributed by atoms with van der Waals surface area (Å²) in [7, 11) is 0. The molecular formula is C27H25FN8O. The van der Waals surface area contributed by atoms with Gasteiger partial charge in [-0.1, -0.05) is 30.3 Å². The number of nitrogen functional groups attached to an aromatic ring is 1. The zero-order chi connectivity index (χ0) is 25.9. The van der Waals surface area contributed by atoms with Crippen molar-refractivity contribution >= 4 is 28.4 Å². The molecular weight excluding hydrogens is 471 g/mol. The zero-order valence-corrected chi connectivity index (χ0v) is 20.2. The minimum Gasteiger partial charge on any atom is -0.382 e. The van der Waals surface area contributed by atoms with Crippen LogP contribution in [0.2, 0.25) is 0 Å². The highest BCUT2D eigenvalue weighted by molar-refractivity contribution is 6.12. The van der Waals surface area contributed by atoms with Crippen LogP contribution in [0.15, 0.2) is 54.9 Å². The number of piperazine rings is 1. The van der Waals surface area contributed by atoms with E-state index in [1.54, 1.807) is 11.0 Å². The lowest BCUT2D eigenvalue weighted by molar-refractivity contribution is 0.0738. The number of hydrogen-bond donors (Lipinski definition) is 3. The summed E-state index contributed by atoms with van der Waals surface area (Å²) < 4.78 is 14.5. The Morgan fingerprint density at radius 2 is 1.95 bits per heavy atom. The number of pyridine rings is 1. The summed E-state index contributed by atoms with van der Waals surface area (Å²) in [5.41, 5.74) is 8.82. The first-order valence-electron chi connectivity index (χ1n) is 11.9. The highest BCUT2D eigenvalue weighted by Crippen LogP contribution is 2.37. The number of carbonyl (C=O) groups excluding carboxylic acids is 1. The molecule has 4 aromatic rings. The van der Waals surface area contributed by atoms with E-state index in [1.165, 1.54) is 18.5 Å². The Bertz CT molecular complexity index is 1510. The van der Waals surface area contributed by atoms with Gasteiger partial charge in [0.25, 0.3) is 5.91 Å². The van der Waals surface area contributed by atoms with Crippen LogP contribution in [-0.4, -0.2) is 51.9 Å². The molecule has 0 spiro atoms. The lowest BCUT2D eigenvalue weighted by Gasteiger charge is -2.30. The predicted molar refractivity (Wildman–Crippen MR) is 139 cm³/mol. The number of amides is 1. The maximum absolute atomic E-state index is 14.5. The third kappa shape index (κ3) is 4.64. The molecule has 1 aliphatic heterocycles. The van der Waals surface area contributed by atoms with Crippen LogP contribution in [-0.2, 0) is 0 Å². The maximum atomic E-state index is 14.5. The first-order valence-corrected chi connectivity index (χ1v) is 11.9. The van der Waals surface area contributed by atoms with Crippen molar-refractivity contribution in [3.63, 3.8) is 0 Å². The van der Waals surface area contributed by atoms with Crippen LogP contribution in [0.25, 0.3) is 22.0 Å². The monoisotopic (exact) mass is 496 g/mol. The van der Waals surface area contributed by atoms with Crippen LogP contribution < -0.4 is 16.4 Å². The van der Waals surface area contributed by atoms with Crippen molar-refractivity contribution in [2.45, 2.75) is 13.0 Å². The number of aromatic nitrogens is 3. The topological polar surface area (TPSA) is 133 Å². The molecule has 1 fully saturated rings. The van der Waals surface area contributed by atoms with Crippen LogP contribution in [0.4, 0.5) is 16.0 Å². The smallest absolute Gasteiger partial charge is 0.255 e. The molecule has 1 aliphatic rings. The van der Waals surface area contributed by atoms with Crippen LogP contribution in [0.3, 0.4) is 0 Å². The standard InChI is InChI=1S/C27H25FN8O/c1-16(34-26-20(14-29)25(30)32-15-33-26)24-22(17-5-3-2-4-6-17)23(27(37)36-11-9-31-10-12-36)19-13-18(28)7-8-21(19)35-24/h2-8,13,15-16,31H,9-12H2,1H3,(H3,30,32,33,34). The molecule has 1 amide bonds. The van der Waals surface area contributed by atoms with Crippen molar-refractivity contribution in [3.8, 4) is 17.2 Å². The van der Waals surface area contributed by atoms with Crippen molar-refractivity contribution in [1.82, 2.24) is 25.2 Å². The molecule has 0 radical (unpaired) electrons. The van der Waals surface area contributed by atoms with Crippen LogP contribution >= 0.6 is 0 Å². The Kier molecular flexibility index (Phi) is 6.62. The van der Waals surface area contributed by atoms with E-state index in [2.05, 4.69) is 20.6 Å². The van der Waals surface area contributed by atoms with Gasteiger partial charge in [0.15, 0.2) is 0 Å². The number of anilines is 2. The summed E-state index contributed by atoms with van der Waals surface area (Å²) >= 11 is 0. The normalized spacial score (nSPS) is 14.2. The second kappa shape index (κ2) is 10.2. The fraction of sp³-hybridized carbons (Fsp3) is 0.222. The summed E-state index contributed by atoms with van der Waals surface area (Å²) in [6, 6.07) is 15.3.